The SMILES string of the molecule is CN(C)CC[CH]c1ccc(Cl)cc1. The summed E-state index contributed by atoms with van der Waals surface area (Å²) in [4.78, 5) is 2.17. The number of hydrogen-bond acceptors (Lipinski definition) is 1. The standard InChI is InChI=1S/C11H15ClN/c1-13(2)9-3-4-10-5-7-11(12)8-6-10/h4-8H,3,9H2,1-2H3. The van der Waals surface area contributed by atoms with Crippen molar-refractivity contribution in [2.24, 2.45) is 0 Å². The average Bonchev–Trinajstić information content (AvgIpc) is 2.08. The van der Waals surface area contributed by atoms with Crippen LogP contribution < -0.4 is 0 Å². The Morgan fingerprint density at radius 3 is 2.38 bits per heavy atom. The highest BCUT2D eigenvalue weighted by atomic mass is 35.5. The van der Waals surface area contributed by atoms with E-state index in [9.17, 15) is 0 Å². The van der Waals surface area contributed by atoms with Crippen molar-refractivity contribution < 1.29 is 0 Å². The van der Waals surface area contributed by atoms with Gasteiger partial charge in [-0.2, -0.15) is 0 Å². The molecule has 1 aromatic carbocycles. The third-order valence-electron chi connectivity index (χ3n) is 1.83. The summed E-state index contributed by atoms with van der Waals surface area (Å²) in [5.74, 6) is 0. The molecular weight excluding hydrogens is 182 g/mol. The summed E-state index contributed by atoms with van der Waals surface area (Å²) in [7, 11) is 4.16. The van der Waals surface area contributed by atoms with Crippen molar-refractivity contribution in [2.45, 2.75) is 6.42 Å². The van der Waals surface area contributed by atoms with Crippen LogP contribution in [0.25, 0.3) is 0 Å². The molecule has 13 heavy (non-hydrogen) atoms. The Hall–Kier alpha value is -0.530. The normalized spacial score (nSPS) is 10.8. The first-order valence-electron chi connectivity index (χ1n) is 4.42. The molecule has 0 bridgehead atoms. The Balaban J connectivity index is 2.33. The predicted molar refractivity (Wildman–Crippen MR) is 58.0 cm³/mol. The quantitative estimate of drug-likeness (QED) is 0.716. The highest BCUT2D eigenvalue weighted by Crippen LogP contribution is 2.11. The highest BCUT2D eigenvalue weighted by Gasteiger charge is 1.94. The van der Waals surface area contributed by atoms with Gasteiger partial charge in [0.2, 0.25) is 0 Å². The minimum Gasteiger partial charge on any atom is -0.309 e. The van der Waals surface area contributed by atoms with Crippen LogP contribution in [0.1, 0.15) is 12.0 Å². The fourth-order valence-electron chi connectivity index (χ4n) is 1.09. The number of benzene rings is 1. The molecule has 1 nitrogen and oxygen atoms in total. The first-order valence-corrected chi connectivity index (χ1v) is 4.80. The van der Waals surface area contributed by atoms with E-state index in [0.29, 0.717) is 0 Å². The van der Waals surface area contributed by atoms with Crippen LogP contribution in [0.3, 0.4) is 0 Å². The molecule has 1 rings (SSSR count). The molecule has 0 saturated heterocycles. The van der Waals surface area contributed by atoms with Gasteiger partial charge in [-0.15, -0.1) is 0 Å². The van der Waals surface area contributed by atoms with Crippen molar-refractivity contribution in [3.05, 3.63) is 41.3 Å². The van der Waals surface area contributed by atoms with E-state index in [0.717, 1.165) is 18.0 Å². The third-order valence-corrected chi connectivity index (χ3v) is 2.08. The Bertz CT molecular complexity index is 241. The molecule has 0 N–H and O–H groups in total. The van der Waals surface area contributed by atoms with E-state index in [1.54, 1.807) is 0 Å². The van der Waals surface area contributed by atoms with Crippen LogP contribution in [-0.2, 0) is 0 Å². The van der Waals surface area contributed by atoms with Crippen molar-refractivity contribution in [1.29, 1.82) is 0 Å². The molecule has 0 heterocycles. The van der Waals surface area contributed by atoms with Crippen molar-refractivity contribution in [3.8, 4) is 0 Å². The van der Waals surface area contributed by atoms with E-state index < -0.39 is 0 Å². The zero-order valence-electron chi connectivity index (χ0n) is 8.13. The second-order valence-electron chi connectivity index (χ2n) is 3.35. The molecule has 0 amide bonds. The summed E-state index contributed by atoms with van der Waals surface area (Å²) in [5.41, 5.74) is 1.24. The van der Waals surface area contributed by atoms with Gasteiger partial charge in [0.05, 0.1) is 0 Å². The van der Waals surface area contributed by atoms with Crippen LogP contribution in [-0.4, -0.2) is 25.5 Å². The molecule has 0 aliphatic heterocycles. The molecule has 2 heteroatoms. The van der Waals surface area contributed by atoms with Crippen molar-refractivity contribution >= 4 is 11.6 Å². The van der Waals surface area contributed by atoms with E-state index in [1.807, 2.05) is 24.3 Å². The number of rotatable bonds is 4. The van der Waals surface area contributed by atoms with Gasteiger partial charge in [0.1, 0.15) is 0 Å². The largest absolute Gasteiger partial charge is 0.309 e. The Morgan fingerprint density at radius 1 is 1.23 bits per heavy atom. The smallest absolute Gasteiger partial charge is 0.0406 e. The molecular formula is C11H15ClN. The maximum atomic E-state index is 5.77. The lowest BCUT2D eigenvalue weighted by atomic mass is 10.1. The van der Waals surface area contributed by atoms with Gasteiger partial charge in [0.25, 0.3) is 0 Å². The molecule has 0 aliphatic carbocycles. The number of nitrogens with zero attached hydrogens (tertiary/aromatic N) is 1. The van der Waals surface area contributed by atoms with E-state index >= 15 is 0 Å². The molecule has 0 aromatic heterocycles. The van der Waals surface area contributed by atoms with Crippen LogP contribution in [0.5, 0.6) is 0 Å². The monoisotopic (exact) mass is 196 g/mol. The highest BCUT2D eigenvalue weighted by molar-refractivity contribution is 6.30. The van der Waals surface area contributed by atoms with Crippen molar-refractivity contribution in [2.75, 3.05) is 20.6 Å². The second-order valence-corrected chi connectivity index (χ2v) is 3.78. The van der Waals surface area contributed by atoms with Crippen LogP contribution in [0.15, 0.2) is 24.3 Å². The van der Waals surface area contributed by atoms with Gasteiger partial charge in [-0.05, 0) is 51.2 Å². The molecule has 1 aromatic rings. The van der Waals surface area contributed by atoms with E-state index in [-0.39, 0.29) is 0 Å². The van der Waals surface area contributed by atoms with Gasteiger partial charge in [-0.3, -0.25) is 0 Å². The maximum absolute atomic E-state index is 5.77. The summed E-state index contributed by atoms with van der Waals surface area (Å²) < 4.78 is 0. The minimum atomic E-state index is 0.796. The Labute approximate surface area is 85.3 Å². The minimum absolute atomic E-state index is 0.796. The lowest BCUT2D eigenvalue weighted by Crippen LogP contribution is -2.12. The lowest BCUT2D eigenvalue weighted by molar-refractivity contribution is 0.413. The fourth-order valence-corrected chi connectivity index (χ4v) is 1.21. The van der Waals surface area contributed by atoms with Crippen LogP contribution >= 0.6 is 11.6 Å². The molecule has 0 aliphatic rings. The molecule has 0 fully saturated rings. The van der Waals surface area contributed by atoms with Gasteiger partial charge in [0, 0.05) is 5.02 Å². The Morgan fingerprint density at radius 2 is 1.85 bits per heavy atom. The van der Waals surface area contributed by atoms with Gasteiger partial charge in [-0.1, -0.05) is 23.7 Å². The molecule has 1 radical (unpaired) electrons. The number of halogens is 1. The fraction of sp³-hybridized carbons (Fsp3) is 0.364. The summed E-state index contributed by atoms with van der Waals surface area (Å²) >= 11 is 5.77. The van der Waals surface area contributed by atoms with Gasteiger partial charge < -0.3 is 4.90 Å². The first-order chi connectivity index (χ1) is 6.18. The summed E-state index contributed by atoms with van der Waals surface area (Å²) in [5, 5.41) is 0.796. The summed E-state index contributed by atoms with van der Waals surface area (Å²) in [6.45, 7) is 1.09. The average molecular weight is 197 g/mol. The van der Waals surface area contributed by atoms with E-state index in [4.69, 9.17) is 11.6 Å². The Kier molecular flexibility index (Phi) is 4.26. The van der Waals surface area contributed by atoms with Crippen LogP contribution in [0, 0.1) is 6.42 Å². The molecule has 71 valence electrons. The van der Waals surface area contributed by atoms with E-state index in [1.165, 1.54) is 5.56 Å². The lowest BCUT2D eigenvalue weighted by Gasteiger charge is -2.08. The first kappa shape index (κ1) is 10.6. The summed E-state index contributed by atoms with van der Waals surface area (Å²) in [6.07, 6.45) is 3.30. The molecule has 0 saturated carbocycles. The topological polar surface area (TPSA) is 3.24 Å². The zero-order chi connectivity index (χ0) is 9.68. The predicted octanol–water partition coefficient (Wildman–Crippen LogP) is 2.84. The third kappa shape index (κ3) is 4.30. The van der Waals surface area contributed by atoms with Gasteiger partial charge in [0.15, 0.2) is 0 Å². The number of hydrogen-bond donors (Lipinski definition) is 0. The molecule has 0 unspecified atom stereocenters. The summed E-state index contributed by atoms with van der Waals surface area (Å²) in [6, 6.07) is 7.92. The van der Waals surface area contributed by atoms with Crippen molar-refractivity contribution in [3.63, 3.8) is 0 Å². The van der Waals surface area contributed by atoms with E-state index in [2.05, 4.69) is 25.4 Å². The molecule has 0 atom stereocenters. The van der Waals surface area contributed by atoms with Crippen LogP contribution in [0.4, 0.5) is 0 Å². The van der Waals surface area contributed by atoms with Crippen molar-refractivity contribution in [1.82, 2.24) is 4.90 Å². The zero-order valence-corrected chi connectivity index (χ0v) is 8.88. The maximum Gasteiger partial charge on any atom is 0.0406 e. The van der Waals surface area contributed by atoms with Gasteiger partial charge in [-0.25, -0.2) is 0 Å². The molecule has 0 spiro atoms. The second kappa shape index (κ2) is 5.25. The van der Waals surface area contributed by atoms with Gasteiger partial charge >= 0.3 is 0 Å². The van der Waals surface area contributed by atoms with Crippen LogP contribution in [0.2, 0.25) is 5.02 Å².